The topological polar surface area (TPSA) is 95.1 Å². The van der Waals surface area contributed by atoms with E-state index >= 15 is 0 Å². The molecule has 0 unspecified atom stereocenters. The van der Waals surface area contributed by atoms with Gasteiger partial charge in [0.05, 0.1) is 10.2 Å². The molecule has 0 radical (unpaired) electrons. The van der Waals surface area contributed by atoms with Crippen LogP contribution in [0.15, 0.2) is 11.2 Å². The Morgan fingerprint density at radius 1 is 1.56 bits per heavy atom. The second-order valence-electron chi connectivity index (χ2n) is 3.53. The molecule has 7 nitrogen and oxygen atoms in total. The molecule has 0 aliphatic heterocycles. The number of hydrogen-bond acceptors (Lipinski definition) is 5. The smallest absolute Gasteiger partial charge is 0.265 e. The summed E-state index contributed by atoms with van der Waals surface area (Å²) >= 11 is 0. The fraction of sp³-hybridized carbons (Fsp3) is 0.625. The molecule has 90 valence electrons. The minimum atomic E-state index is -3.72. The van der Waals surface area contributed by atoms with E-state index in [1.807, 2.05) is 0 Å². The van der Waals surface area contributed by atoms with Gasteiger partial charge < -0.3 is 0 Å². The quantitative estimate of drug-likeness (QED) is 0.584. The third-order valence-corrected chi connectivity index (χ3v) is 4.19. The first-order valence-corrected chi connectivity index (χ1v) is 6.31. The molecule has 0 spiro atoms. The van der Waals surface area contributed by atoms with Gasteiger partial charge >= 0.3 is 5.69 Å². The van der Waals surface area contributed by atoms with Crippen molar-refractivity contribution in [3.63, 3.8) is 0 Å². The predicted molar refractivity (Wildman–Crippen MR) is 56.9 cm³/mol. The number of hydrogen-bond donors (Lipinski definition) is 0. The van der Waals surface area contributed by atoms with Crippen LogP contribution in [0, 0.1) is 10.1 Å². The number of nitrogens with zero attached hydrogens (tertiary/aromatic N) is 3. The lowest BCUT2D eigenvalue weighted by Gasteiger charge is -2.03. The summed E-state index contributed by atoms with van der Waals surface area (Å²) in [4.78, 5) is 9.98. The highest BCUT2D eigenvalue weighted by Crippen LogP contribution is 2.25. The summed E-state index contributed by atoms with van der Waals surface area (Å²) < 4.78 is 24.9. The Balaban J connectivity index is 3.44. The summed E-state index contributed by atoms with van der Waals surface area (Å²) in [5, 5.41) is 13.3. The molecule has 0 bridgehead atoms. The van der Waals surface area contributed by atoms with Crippen LogP contribution in [0.5, 0.6) is 0 Å². The predicted octanol–water partition coefficient (Wildman–Crippen LogP) is 0.993. The van der Waals surface area contributed by atoms with Crippen LogP contribution in [-0.4, -0.2) is 28.4 Å². The maximum absolute atomic E-state index is 11.8. The highest BCUT2D eigenvalue weighted by atomic mass is 32.2. The van der Waals surface area contributed by atoms with E-state index in [4.69, 9.17) is 0 Å². The second-order valence-corrected chi connectivity index (χ2v) is 5.95. The van der Waals surface area contributed by atoms with Crippen molar-refractivity contribution in [2.45, 2.75) is 37.6 Å². The van der Waals surface area contributed by atoms with Crippen molar-refractivity contribution in [3.8, 4) is 0 Å². The minimum Gasteiger partial charge on any atom is -0.265 e. The molecule has 1 rings (SSSR count). The van der Waals surface area contributed by atoms with Gasteiger partial charge in [-0.25, -0.2) is 8.42 Å². The minimum absolute atomic E-state index is 0.383. The maximum Gasteiger partial charge on any atom is 0.326 e. The standard InChI is InChI=1S/C8H13N3O4S/c1-4-10-5-7(11(12)13)8(9-10)16(14,15)6(2)3/h5-6H,4H2,1-3H3. The maximum atomic E-state index is 11.8. The first kappa shape index (κ1) is 12.6. The third-order valence-electron chi connectivity index (χ3n) is 2.12. The third kappa shape index (κ3) is 2.06. The fourth-order valence-electron chi connectivity index (χ4n) is 1.11. The van der Waals surface area contributed by atoms with E-state index in [9.17, 15) is 18.5 Å². The summed E-state index contributed by atoms with van der Waals surface area (Å²) in [5.74, 6) is 0. The fourth-order valence-corrected chi connectivity index (χ4v) is 2.19. The molecule has 1 heterocycles. The lowest BCUT2D eigenvalue weighted by atomic mass is 10.6. The summed E-state index contributed by atoms with van der Waals surface area (Å²) in [7, 11) is -3.72. The van der Waals surface area contributed by atoms with Crippen LogP contribution in [0.3, 0.4) is 0 Å². The van der Waals surface area contributed by atoms with Crippen LogP contribution < -0.4 is 0 Å². The van der Waals surface area contributed by atoms with E-state index in [0.717, 1.165) is 6.20 Å². The van der Waals surface area contributed by atoms with Crippen molar-refractivity contribution in [2.75, 3.05) is 0 Å². The Morgan fingerprint density at radius 3 is 2.50 bits per heavy atom. The Hall–Kier alpha value is -1.44. The van der Waals surface area contributed by atoms with Crippen molar-refractivity contribution in [1.82, 2.24) is 9.78 Å². The molecule has 0 aromatic carbocycles. The normalized spacial score (nSPS) is 12.0. The van der Waals surface area contributed by atoms with Gasteiger partial charge in [-0.15, -0.1) is 0 Å². The first-order valence-electron chi connectivity index (χ1n) is 4.76. The zero-order valence-electron chi connectivity index (χ0n) is 9.24. The van der Waals surface area contributed by atoms with Crippen molar-refractivity contribution in [2.24, 2.45) is 0 Å². The van der Waals surface area contributed by atoms with Crippen LogP contribution in [0.1, 0.15) is 20.8 Å². The van der Waals surface area contributed by atoms with E-state index in [0.29, 0.717) is 6.54 Å². The molecule has 0 saturated carbocycles. The van der Waals surface area contributed by atoms with Gasteiger partial charge in [0.1, 0.15) is 6.20 Å². The molecule has 0 aliphatic rings. The van der Waals surface area contributed by atoms with Gasteiger partial charge in [0, 0.05) is 6.54 Å². The van der Waals surface area contributed by atoms with Crippen molar-refractivity contribution >= 4 is 15.5 Å². The van der Waals surface area contributed by atoms with Crippen LogP contribution >= 0.6 is 0 Å². The average Bonchev–Trinajstić information content (AvgIpc) is 2.61. The zero-order valence-corrected chi connectivity index (χ0v) is 10.1. The van der Waals surface area contributed by atoms with E-state index in [-0.39, 0.29) is 0 Å². The lowest BCUT2D eigenvalue weighted by molar-refractivity contribution is -0.387. The van der Waals surface area contributed by atoms with Crippen LogP contribution in [0.25, 0.3) is 0 Å². The van der Waals surface area contributed by atoms with Crippen LogP contribution in [0.4, 0.5) is 5.69 Å². The van der Waals surface area contributed by atoms with E-state index in [2.05, 4.69) is 5.10 Å². The summed E-state index contributed by atoms with van der Waals surface area (Å²) in [6, 6.07) is 0. The molecule has 16 heavy (non-hydrogen) atoms. The molecular weight excluding hydrogens is 234 g/mol. The summed E-state index contributed by atoms with van der Waals surface area (Å²) in [6.45, 7) is 5.03. The monoisotopic (exact) mass is 247 g/mol. The van der Waals surface area contributed by atoms with E-state index < -0.39 is 30.7 Å². The van der Waals surface area contributed by atoms with Gasteiger partial charge in [0.15, 0.2) is 0 Å². The molecule has 1 aromatic rings. The number of aromatic nitrogens is 2. The molecule has 0 aliphatic carbocycles. The van der Waals surface area contributed by atoms with Gasteiger partial charge in [0.2, 0.25) is 9.84 Å². The van der Waals surface area contributed by atoms with Gasteiger partial charge in [-0.3, -0.25) is 14.8 Å². The Morgan fingerprint density at radius 2 is 2.12 bits per heavy atom. The Kier molecular flexibility index (Phi) is 3.32. The highest BCUT2D eigenvalue weighted by molar-refractivity contribution is 7.92. The molecular formula is C8H13N3O4S. The van der Waals surface area contributed by atoms with Gasteiger partial charge in [-0.1, -0.05) is 0 Å². The van der Waals surface area contributed by atoms with E-state index in [1.165, 1.54) is 18.5 Å². The molecule has 8 heteroatoms. The van der Waals surface area contributed by atoms with Crippen molar-refractivity contribution < 1.29 is 13.3 Å². The molecule has 0 saturated heterocycles. The van der Waals surface area contributed by atoms with Gasteiger partial charge in [0.25, 0.3) is 5.03 Å². The molecule has 1 aromatic heterocycles. The number of aryl methyl sites for hydroxylation is 1. The van der Waals surface area contributed by atoms with Gasteiger partial charge in [-0.05, 0) is 20.8 Å². The van der Waals surface area contributed by atoms with Crippen LogP contribution in [0.2, 0.25) is 0 Å². The SMILES string of the molecule is CCn1cc([N+](=O)[O-])c(S(=O)(=O)C(C)C)n1. The molecule has 0 atom stereocenters. The summed E-state index contributed by atoms with van der Waals surface area (Å²) in [5.41, 5.74) is -0.462. The number of nitro groups is 1. The average molecular weight is 247 g/mol. The van der Waals surface area contributed by atoms with Crippen LogP contribution in [-0.2, 0) is 16.4 Å². The second kappa shape index (κ2) is 4.20. The molecule has 0 fully saturated rings. The summed E-state index contributed by atoms with van der Waals surface area (Å²) in [6.07, 6.45) is 1.13. The largest absolute Gasteiger partial charge is 0.326 e. The highest BCUT2D eigenvalue weighted by Gasteiger charge is 2.32. The lowest BCUT2D eigenvalue weighted by Crippen LogP contribution is -2.16. The van der Waals surface area contributed by atoms with E-state index in [1.54, 1.807) is 6.92 Å². The van der Waals surface area contributed by atoms with Gasteiger partial charge in [-0.2, -0.15) is 5.10 Å². The molecule has 0 N–H and O–H groups in total. The zero-order chi connectivity index (χ0) is 12.5. The van der Waals surface area contributed by atoms with Crippen molar-refractivity contribution in [3.05, 3.63) is 16.3 Å². The Labute approximate surface area is 93.1 Å². The first-order chi connectivity index (χ1) is 7.30. The number of rotatable bonds is 4. The molecule has 0 amide bonds. The Bertz CT molecular complexity index is 503. The number of sulfone groups is 1. The van der Waals surface area contributed by atoms with Crippen molar-refractivity contribution in [1.29, 1.82) is 0 Å².